The standard InChI is InChI=1S/C30H31F2N3O3/c1-7-30(31,32)22-9-8-10-23(16-22)34-29(36)27-20(5)33-28(35(27)37)21-11-12-25(38-6)24(15-21)26-18(3)13-17(2)14-19(26)4/h8-16,37H,7H2,1-6H3,(H,34,36)/p+1. The van der Waals surface area contributed by atoms with E-state index in [1.54, 1.807) is 20.1 Å². The summed E-state index contributed by atoms with van der Waals surface area (Å²) in [5.41, 5.74) is 6.26. The summed E-state index contributed by atoms with van der Waals surface area (Å²) in [6.45, 7) is 9.19. The number of hydrogen-bond donors (Lipinski definition) is 3. The highest BCUT2D eigenvalue weighted by Gasteiger charge is 2.32. The lowest BCUT2D eigenvalue weighted by Gasteiger charge is -2.15. The van der Waals surface area contributed by atoms with Crippen LogP contribution >= 0.6 is 0 Å². The van der Waals surface area contributed by atoms with Crippen molar-refractivity contribution in [2.75, 3.05) is 12.4 Å². The maximum absolute atomic E-state index is 14.2. The van der Waals surface area contributed by atoms with Gasteiger partial charge in [0.2, 0.25) is 0 Å². The lowest BCUT2D eigenvalue weighted by Crippen LogP contribution is -2.39. The van der Waals surface area contributed by atoms with Crippen LogP contribution in [0.2, 0.25) is 0 Å². The van der Waals surface area contributed by atoms with Crippen molar-refractivity contribution < 1.29 is 28.2 Å². The summed E-state index contributed by atoms with van der Waals surface area (Å²) in [4.78, 5) is 16.2. The molecule has 0 fully saturated rings. The summed E-state index contributed by atoms with van der Waals surface area (Å²) in [6, 6.07) is 15.3. The number of imidazole rings is 1. The van der Waals surface area contributed by atoms with Crippen molar-refractivity contribution in [1.82, 2.24) is 4.98 Å². The highest BCUT2D eigenvalue weighted by atomic mass is 19.3. The third kappa shape index (κ3) is 4.98. The Morgan fingerprint density at radius 1 is 1.05 bits per heavy atom. The Hall–Kier alpha value is -4.20. The number of aryl methyl sites for hydroxylation is 4. The Morgan fingerprint density at radius 3 is 2.37 bits per heavy atom. The monoisotopic (exact) mass is 520 g/mol. The van der Waals surface area contributed by atoms with Gasteiger partial charge in [-0.1, -0.05) is 36.8 Å². The van der Waals surface area contributed by atoms with Crippen LogP contribution in [0.3, 0.4) is 0 Å². The lowest BCUT2D eigenvalue weighted by molar-refractivity contribution is -0.896. The number of amides is 1. The zero-order valence-corrected chi connectivity index (χ0v) is 22.4. The minimum atomic E-state index is -3.00. The largest absolute Gasteiger partial charge is 0.496 e. The molecule has 4 aromatic rings. The molecule has 38 heavy (non-hydrogen) atoms. The minimum absolute atomic E-state index is 0.0345. The number of carbonyl (C=O) groups excluding carboxylic acids is 1. The maximum Gasteiger partial charge on any atom is 0.327 e. The molecule has 0 spiro atoms. The van der Waals surface area contributed by atoms with Gasteiger partial charge in [-0.2, -0.15) is 0 Å². The third-order valence-electron chi connectivity index (χ3n) is 6.71. The number of methoxy groups -OCH3 is 1. The molecule has 0 aliphatic carbocycles. The van der Waals surface area contributed by atoms with Gasteiger partial charge in [0.1, 0.15) is 5.75 Å². The maximum atomic E-state index is 14.2. The van der Waals surface area contributed by atoms with Crippen molar-refractivity contribution in [3.05, 3.63) is 88.2 Å². The van der Waals surface area contributed by atoms with Crippen LogP contribution in [0.25, 0.3) is 22.5 Å². The number of aromatic amines is 1. The highest BCUT2D eigenvalue weighted by Crippen LogP contribution is 2.38. The Kier molecular flexibility index (Phi) is 7.26. The van der Waals surface area contributed by atoms with Crippen LogP contribution < -0.4 is 14.8 Å². The van der Waals surface area contributed by atoms with Gasteiger partial charge >= 0.3 is 11.7 Å². The molecule has 0 aliphatic rings. The fourth-order valence-electron chi connectivity index (χ4n) is 4.90. The van der Waals surface area contributed by atoms with E-state index in [0.717, 1.165) is 32.5 Å². The first-order valence-corrected chi connectivity index (χ1v) is 12.4. The third-order valence-corrected chi connectivity index (χ3v) is 6.71. The molecule has 0 bridgehead atoms. The smallest absolute Gasteiger partial charge is 0.327 e. The summed E-state index contributed by atoms with van der Waals surface area (Å²) < 4.78 is 34.7. The Labute approximate surface area is 220 Å². The number of benzene rings is 3. The van der Waals surface area contributed by atoms with Crippen LogP contribution in [0.4, 0.5) is 14.5 Å². The molecule has 1 amide bonds. The minimum Gasteiger partial charge on any atom is -0.496 e. The number of nitrogens with one attached hydrogen (secondary N) is 2. The molecule has 0 unspecified atom stereocenters. The van der Waals surface area contributed by atoms with Crippen molar-refractivity contribution in [1.29, 1.82) is 0 Å². The van der Waals surface area contributed by atoms with E-state index in [2.05, 4.69) is 22.4 Å². The van der Waals surface area contributed by atoms with Gasteiger partial charge in [-0.3, -0.25) is 4.79 Å². The molecular formula is C30H32F2N3O3+. The van der Waals surface area contributed by atoms with Gasteiger partial charge in [0, 0.05) is 30.2 Å². The Balaban J connectivity index is 1.73. The molecule has 3 aromatic carbocycles. The van der Waals surface area contributed by atoms with Crippen molar-refractivity contribution in [3.8, 4) is 28.3 Å². The van der Waals surface area contributed by atoms with Crippen LogP contribution in [0.1, 0.15) is 51.8 Å². The van der Waals surface area contributed by atoms with E-state index in [9.17, 15) is 18.8 Å². The summed E-state index contributed by atoms with van der Waals surface area (Å²) in [7, 11) is 1.61. The van der Waals surface area contributed by atoms with Gasteiger partial charge < -0.3 is 15.3 Å². The molecular weight excluding hydrogens is 488 g/mol. The molecule has 1 aromatic heterocycles. The first-order chi connectivity index (χ1) is 18.0. The van der Waals surface area contributed by atoms with Gasteiger partial charge in [-0.05, 0) is 72.5 Å². The number of aromatic nitrogens is 2. The summed E-state index contributed by atoms with van der Waals surface area (Å²) in [5.74, 6) is -2.67. The van der Waals surface area contributed by atoms with E-state index in [-0.39, 0.29) is 23.4 Å². The Morgan fingerprint density at radius 2 is 1.74 bits per heavy atom. The van der Waals surface area contributed by atoms with Crippen LogP contribution in [-0.4, -0.2) is 23.2 Å². The number of alkyl halides is 2. The van der Waals surface area contributed by atoms with Gasteiger partial charge in [0.15, 0.2) is 5.69 Å². The van der Waals surface area contributed by atoms with Crippen LogP contribution in [0.15, 0.2) is 54.6 Å². The van der Waals surface area contributed by atoms with Gasteiger partial charge in [-0.25, -0.2) is 13.8 Å². The van der Waals surface area contributed by atoms with Crippen molar-refractivity contribution in [2.24, 2.45) is 0 Å². The number of nitrogens with zero attached hydrogens (tertiary/aromatic N) is 1. The van der Waals surface area contributed by atoms with Crippen LogP contribution in [0, 0.1) is 27.7 Å². The van der Waals surface area contributed by atoms with Gasteiger partial charge in [0.25, 0.3) is 11.6 Å². The van der Waals surface area contributed by atoms with Crippen molar-refractivity contribution in [2.45, 2.75) is 47.0 Å². The fourth-order valence-corrected chi connectivity index (χ4v) is 4.90. The summed E-state index contributed by atoms with van der Waals surface area (Å²) in [6.07, 6.45) is -0.354. The lowest BCUT2D eigenvalue weighted by atomic mass is 9.92. The van der Waals surface area contributed by atoms with E-state index in [1.807, 2.05) is 32.9 Å². The zero-order chi connectivity index (χ0) is 27.8. The van der Waals surface area contributed by atoms with E-state index in [0.29, 0.717) is 22.8 Å². The molecule has 0 radical (unpaired) electrons. The molecule has 4 rings (SSSR count). The van der Waals surface area contributed by atoms with Crippen LogP contribution in [0.5, 0.6) is 5.75 Å². The van der Waals surface area contributed by atoms with E-state index >= 15 is 0 Å². The second-order valence-corrected chi connectivity index (χ2v) is 9.54. The summed E-state index contributed by atoms with van der Waals surface area (Å²) >= 11 is 0. The predicted octanol–water partition coefficient (Wildman–Crippen LogP) is 6.87. The van der Waals surface area contributed by atoms with E-state index < -0.39 is 11.8 Å². The summed E-state index contributed by atoms with van der Waals surface area (Å²) in [5, 5.41) is 13.7. The second kappa shape index (κ2) is 10.3. The first-order valence-electron chi connectivity index (χ1n) is 12.4. The number of H-pyrrole nitrogens is 1. The predicted molar refractivity (Wildman–Crippen MR) is 143 cm³/mol. The number of rotatable bonds is 7. The average molecular weight is 521 g/mol. The fraction of sp³-hybridized carbons (Fsp3) is 0.267. The van der Waals surface area contributed by atoms with Crippen molar-refractivity contribution >= 4 is 11.6 Å². The highest BCUT2D eigenvalue weighted by molar-refractivity contribution is 6.02. The quantitative estimate of drug-likeness (QED) is 0.184. The molecule has 3 N–H and O–H groups in total. The van der Waals surface area contributed by atoms with Gasteiger partial charge in [-0.15, -0.1) is 0 Å². The van der Waals surface area contributed by atoms with Crippen LogP contribution in [-0.2, 0) is 5.92 Å². The van der Waals surface area contributed by atoms with E-state index in [4.69, 9.17) is 4.74 Å². The van der Waals surface area contributed by atoms with Crippen molar-refractivity contribution in [3.63, 3.8) is 0 Å². The molecule has 0 aliphatic heterocycles. The topological polar surface area (TPSA) is 78.2 Å². The molecule has 6 nitrogen and oxygen atoms in total. The molecule has 0 saturated heterocycles. The average Bonchev–Trinajstić information content (AvgIpc) is 3.17. The molecule has 0 saturated carbocycles. The number of halogens is 2. The number of carbonyl (C=O) groups is 1. The molecule has 198 valence electrons. The van der Waals surface area contributed by atoms with Gasteiger partial charge in [0.05, 0.1) is 12.7 Å². The second-order valence-electron chi connectivity index (χ2n) is 9.54. The zero-order valence-electron chi connectivity index (χ0n) is 22.4. The normalized spacial score (nSPS) is 11.5. The first kappa shape index (κ1) is 26.9. The number of anilines is 1. The number of ether oxygens (including phenoxy) is 1. The Bertz CT molecular complexity index is 1500. The molecule has 1 heterocycles. The SMILES string of the molecule is CCC(F)(F)c1cccc(NC(=O)c2c(C)[nH]c(-c3ccc(OC)c(-c4c(C)cc(C)cc4C)c3)[n+]2O)c1. The van der Waals surface area contributed by atoms with E-state index in [1.165, 1.54) is 31.2 Å². The molecule has 8 heteroatoms. The number of hydrogen-bond acceptors (Lipinski definition) is 3. The molecule has 0 atom stereocenters.